The SMILES string of the molecule is CCOC(=O)CCC(C)N(CC(=O)OCC)[C@H](C)c1ccccc1. The first-order valence-corrected chi connectivity index (χ1v) is 8.61. The first kappa shape index (κ1) is 20.2. The highest BCUT2D eigenvalue weighted by atomic mass is 16.5. The molecule has 1 rings (SSSR count). The summed E-state index contributed by atoms with van der Waals surface area (Å²) < 4.78 is 10.1. The quantitative estimate of drug-likeness (QED) is 0.614. The smallest absolute Gasteiger partial charge is 0.320 e. The van der Waals surface area contributed by atoms with E-state index < -0.39 is 0 Å². The Bertz CT molecular complexity index is 503. The molecule has 1 unspecified atom stereocenters. The normalized spacial score (nSPS) is 13.4. The van der Waals surface area contributed by atoms with Gasteiger partial charge >= 0.3 is 11.9 Å². The maximum absolute atomic E-state index is 12.0. The van der Waals surface area contributed by atoms with Crippen molar-refractivity contribution in [2.75, 3.05) is 19.8 Å². The molecular weight excluding hydrogens is 306 g/mol. The van der Waals surface area contributed by atoms with E-state index in [9.17, 15) is 9.59 Å². The highest BCUT2D eigenvalue weighted by Gasteiger charge is 2.25. The average Bonchev–Trinajstić information content (AvgIpc) is 2.58. The predicted octanol–water partition coefficient (Wildman–Crippen LogP) is 3.34. The Kier molecular flexibility index (Phi) is 9.08. The van der Waals surface area contributed by atoms with Crippen molar-refractivity contribution in [2.24, 2.45) is 0 Å². The van der Waals surface area contributed by atoms with Gasteiger partial charge in [0.1, 0.15) is 0 Å². The molecule has 0 amide bonds. The van der Waals surface area contributed by atoms with Crippen molar-refractivity contribution in [1.29, 1.82) is 0 Å². The molecule has 0 saturated heterocycles. The van der Waals surface area contributed by atoms with Crippen molar-refractivity contribution < 1.29 is 19.1 Å². The van der Waals surface area contributed by atoms with Gasteiger partial charge in [0.25, 0.3) is 0 Å². The lowest BCUT2D eigenvalue weighted by atomic mass is 10.0. The topological polar surface area (TPSA) is 55.8 Å². The molecule has 1 aromatic rings. The standard InChI is InChI=1S/C19H29NO4/c1-5-23-18(21)13-12-15(3)20(14-19(22)24-6-2)16(4)17-10-8-7-9-11-17/h7-11,15-16H,5-6,12-14H2,1-4H3/t15?,16-/m1/s1. The third-order valence-corrected chi connectivity index (χ3v) is 4.03. The van der Waals surface area contributed by atoms with Gasteiger partial charge in [-0.25, -0.2) is 0 Å². The number of hydrogen-bond donors (Lipinski definition) is 0. The van der Waals surface area contributed by atoms with E-state index in [-0.39, 0.29) is 30.6 Å². The van der Waals surface area contributed by atoms with Crippen molar-refractivity contribution in [3.05, 3.63) is 35.9 Å². The molecule has 0 fully saturated rings. The molecule has 0 N–H and O–H groups in total. The Morgan fingerprint density at radius 3 is 2.17 bits per heavy atom. The molecule has 0 saturated carbocycles. The molecule has 5 heteroatoms. The van der Waals surface area contributed by atoms with Gasteiger partial charge in [0.15, 0.2) is 0 Å². The number of esters is 2. The van der Waals surface area contributed by atoms with Gasteiger partial charge in [0.05, 0.1) is 19.8 Å². The summed E-state index contributed by atoms with van der Waals surface area (Å²) in [6.45, 7) is 8.64. The molecule has 24 heavy (non-hydrogen) atoms. The van der Waals surface area contributed by atoms with Crippen LogP contribution in [0.1, 0.15) is 52.1 Å². The van der Waals surface area contributed by atoms with Crippen LogP contribution in [0.25, 0.3) is 0 Å². The Hall–Kier alpha value is -1.88. The van der Waals surface area contributed by atoms with Crippen molar-refractivity contribution in [3.8, 4) is 0 Å². The molecule has 0 radical (unpaired) electrons. The van der Waals surface area contributed by atoms with E-state index in [4.69, 9.17) is 9.47 Å². The minimum Gasteiger partial charge on any atom is -0.466 e. The van der Waals surface area contributed by atoms with Gasteiger partial charge in [-0.15, -0.1) is 0 Å². The van der Waals surface area contributed by atoms with Gasteiger partial charge in [-0.05, 0) is 39.7 Å². The average molecular weight is 335 g/mol. The van der Waals surface area contributed by atoms with Crippen LogP contribution in [-0.4, -0.2) is 42.6 Å². The van der Waals surface area contributed by atoms with Crippen molar-refractivity contribution >= 4 is 11.9 Å². The number of benzene rings is 1. The Morgan fingerprint density at radius 1 is 1.00 bits per heavy atom. The summed E-state index contributed by atoms with van der Waals surface area (Å²) in [7, 11) is 0. The number of ether oxygens (including phenoxy) is 2. The van der Waals surface area contributed by atoms with Crippen LogP contribution in [0.4, 0.5) is 0 Å². The largest absolute Gasteiger partial charge is 0.466 e. The summed E-state index contributed by atoms with van der Waals surface area (Å²) in [4.78, 5) is 25.7. The molecule has 1 aromatic carbocycles. The van der Waals surface area contributed by atoms with Crippen molar-refractivity contribution in [3.63, 3.8) is 0 Å². The second-order valence-electron chi connectivity index (χ2n) is 5.76. The van der Waals surface area contributed by atoms with Crippen LogP contribution in [-0.2, 0) is 19.1 Å². The Morgan fingerprint density at radius 2 is 1.58 bits per heavy atom. The number of carbonyl (C=O) groups excluding carboxylic acids is 2. The highest BCUT2D eigenvalue weighted by molar-refractivity contribution is 5.72. The number of carbonyl (C=O) groups is 2. The van der Waals surface area contributed by atoms with E-state index in [0.29, 0.717) is 26.1 Å². The third kappa shape index (κ3) is 6.71. The van der Waals surface area contributed by atoms with Crippen LogP contribution in [0.3, 0.4) is 0 Å². The van der Waals surface area contributed by atoms with E-state index >= 15 is 0 Å². The molecule has 0 spiro atoms. The van der Waals surface area contributed by atoms with Crippen LogP contribution in [0.15, 0.2) is 30.3 Å². The van der Waals surface area contributed by atoms with Crippen molar-refractivity contribution in [2.45, 2.75) is 52.6 Å². The molecule has 5 nitrogen and oxygen atoms in total. The minimum atomic E-state index is -0.247. The Labute approximate surface area is 144 Å². The second-order valence-corrected chi connectivity index (χ2v) is 5.76. The first-order valence-electron chi connectivity index (χ1n) is 8.61. The number of hydrogen-bond acceptors (Lipinski definition) is 5. The van der Waals surface area contributed by atoms with Gasteiger partial charge in [-0.3, -0.25) is 14.5 Å². The van der Waals surface area contributed by atoms with Gasteiger partial charge < -0.3 is 9.47 Å². The molecule has 0 aliphatic carbocycles. The summed E-state index contributed by atoms with van der Waals surface area (Å²) in [5.74, 6) is -0.448. The van der Waals surface area contributed by atoms with Crippen LogP contribution in [0.2, 0.25) is 0 Å². The monoisotopic (exact) mass is 335 g/mol. The lowest BCUT2D eigenvalue weighted by molar-refractivity contribution is -0.145. The van der Waals surface area contributed by atoms with Gasteiger partial charge in [0.2, 0.25) is 0 Å². The number of nitrogens with zero attached hydrogens (tertiary/aromatic N) is 1. The summed E-state index contributed by atoms with van der Waals surface area (Å²) in [6, 6.07) is 10.1. The highest BCUT2D eigenvalue weighted by Crippen LogP contribution is 2.24. The lowest BCUT2D eigenvalue weighted by Gasteiger charge is -2.34. The molecule has 0 aromatic heterocycles. The summed E-state index contributed by atoms with van der Waals surface area (Å²) in [6.07, 6.45) is 0.977. The Balaban J connectivity index is 2.79. The van der Waals surface area contributed by atoms with Crippen molar-refractivity contribution in [1.82, 2.24) is 4.90 Å². The number of rotatable bonds is 10. The van der Waals surface area contributed by atoms with Gasteiger partial charge in [0, 0.05) is 18.5 Å². The first-order chi connectivity index (χ1) is 11.5. The molecule has 0 aliphatic rings. The minimum absolute atomic E-state index is 0.0489. The van der Waals surface area contributed by atoms with Gasteiger partial charge in [-0.1, -0.05) is 30.3 Å². The van der Waals surface area contributed by atoms with E-state index in [1.54, 1.807) is 13.8 Å². The fourth-order valence-corrected chi connectivity index (χ4v) is 2.68. The second kappa shape index (κ2) is 10.8. The summed E-state index contributed by atoms with van der Waals surface area (Å²) >= 11 is 0. The molecule has 0 aliphatic heterocycles. The van der Waals surface area contributed by atoms with Gasteiger partial charge in [-0.2, -0.15) is 0 Å². The van der Waals surface area contributed by atoms with E-state index in [2.05, 4.69) is 11.8 Å². The maximum atomic E-state index is 12.0. The fraction of sp³-hybridized carbons (Fsp3) is 0.579. The van der Waals surface area contributed by atoms with Crippen LogP contribution < -0.4 is 0 Å². The zero-order valence-electron chi connectivity index (χ0n) is 15.2. The zero-order chi connectivity index (χ0) is 17.9. The third-order valence-electron chi connectivity index (χ3n) is 4.03. The lowest BCUT2D eigenvalue weighted by Crippen LogP contribution is -2.40. The van der Waals surface area contributed by atoms with E-state index in [0.717, 1.165) is 5.56 Å². The van der Waals surface area contributed by atoms with Crippen LogP contribution in [0, 0.1) is 0 Å². The fourth-order valence-electron chi connectivity index (χ4n) is 2.68. The summed E-state index contributed by atoms with van der Waals surface area (Å²) in [5.41, 5.74) is 1.13. The maximum Gasteiger partial charge on any atom is 0.320 e. The molecule has 0 bridgehead atoms. The van der Waals surface area contributed by atoms with Crippen LogP contribution >= 0.6 is 0 Å². The summed E-state index contributed by atoms with van der Waals surface area (Å²) in [5, 5.41) is 0. The molecule has 134 valence electrons. The van der Waals surface area contributed by atoms with E-state index in [1.807, 2.05) is 37.3 Å². The molecular formula is C19H29NO4. The zero-order valence-corrected chi connectivity index (χ0v) is 15.2. The predicted molar refractivity (Wildman–Crippen MR) is 93.5 cm³/mol. The molecule has 0 heterocycles. The van der Waals surface area contributed by atoms with E-state index in [1.165, 1.54) is 0 Å². The van der Waals surface area contributed by atoms with Crippen LogP contribution in [0.5, 0.6) is 0 Å². The molecule has 2 atom stereocenters.